The second-order valence-corrected chi connectivity index (χ2v) is 8.72. The Balaban J connectivity index is 2.28. The van der Waals surface area contributed by atoms with Crippen LogP contribution in [0.2, 0.25) is 0 Å². The van der Waals surface area contributed by atoms with Gasteiger partial charge in [-0.25, -0.2) is 8.42 Å². The van der Waals surface area contributed by atoms with Crippen molar-refractivity contribution < 1.29 is 13.2 Å². The molecule has 0 aliphatic rings. The highest BCUT2D eigenvalue weighted by molar-refractivity contribution is 9.10. The number of rotatable bonds is 5. The predicted octanol–water partition coefficient (Wildman–Crippen LogP) is 2.52. The summed E-state index contributed by atoms with van der Waals surface area (Å²) in [6, 6.07) is 11.5. The lowest BCUT2D eigenvalue weighted by atomic mass is 10.4. The molecule has 0 N–H and O–H groups in total. The van der Waals surface area contributed by atoms with Gasteiger partial charge in [0.2, 0.25) is 15.9 Å². The van der Waals surface area contributed by atoms with E-state index in [0.717, 1.165) is 8.78 Å². The van der Waals surface area contributed by atoms with Gasteiger partial charge in [-0.15, -0.1) is 0 Å². The van der Waals surface area contributed by atoms with Gasteiger partial charge in [0.1, 0.15) is 5.49 Å². The lowest BCUT2D eigenvalue weighted by Gasteiger charge is -2.17. The van der Waals surface area contributed by atoms with Crippen molar-refractivity contribution in [2.45, 2.75) is 24.8 Å². The van der Waals surface area contributed by atoms with Gasteiger partial charge in [0.05, 0.1) is 11.4 Å². The minimum absolute atomic E-state index is 0.0191. The molecule has 0 atom stereocenters. The molecule has 0 aliphatic heterocycles. The van der Waals surface area contributed by atoms with Crippen LogP contribution in [0.3, 0.4) is 0 Å². The highest BCUT2D eigenvalue weighted by Crippen LogP contribution is 2.17. The zero-order chi connectivity index (χ0) is 18.6. The average Bonchev–Trinajstić information content (AvgIpc) is 2.55. The zero-order valence-corrected chi connectivity index (χ0v) is 16.7. The number of sulfonamides is 1. The van der Waals surface area contributed by atoms with Crippen molar-refractivity contribution in [2.75, 3.05) is 13.6 Å². The maximum absolute atomic E-state index is 12.6. The summed E-state index contributed by atoms with van der Waals surface area (Å²) in [7, 11) is -2.36. The van der Waals surface area contributed by atoms with Gasteiger partial charge in [-0.2, -0.15) is 4.31 Å². The molecule has 0 saturated heterocycles. The van der Waals surface area contributed by atoms with Crippen LogP contribution >= 0.6 is 15.9 Å². The van der Waals surface area contributed by atoms with Crippen molar-refractivity contribution >= 4 is 31.9 Å². The summed E-state index contributed by atoms with van der Waals surface area (Å²) in [6.07, 6.45) is 1.59. The second kappa shape index (κ2) is 8.07. The van der Waals surface area contributed by atoms with Crippen LogP contribution in [0.4, 0.5) is 0 Å². The van der Waals surface area contributed by atoms with E-state index in [1.165, 1.54) is 23.7 Å². The minimum Gasteiger partial charge on any atom is -0.273 e. The van der Waals surface area contributed by atoms with Crippen molar-refractivity contribution in [1.82, 2.24) is 8.87 Å². The third-order valence-corrected chi connectivity index (χ3v) is 5.72. The Morgan fingerprint density at radius 2 is 1.84 bits per heavy atom. The number of nitrogens with zero attached hydrogens (tertiary/aromatic N) is 3. The highest BCUT2D eigenvalue weighted by Gasteiger charge is 2.23. The molecule has 134 valence electrons. The number of aromatic nitrogens is 1. The SMILES string of the molecule is CC(C)N=c1ccccn1C(=O)CN(C)S(=O)(=O)c1ccc(Br)cc1. The molecule has 0 fully saturated rings. The number of halogens is 1. The van der Waals surface area contributed by atoms with Gasteiger partial charge < -0.3 is 0 Å². The van der Waals surface area contributed by atoms with E-state index in [1.54, 1.807) is 36.5 Å². The minimum atomic E-state index is -3.75. The molecule has 1 aromatic carbocycles. The standard InChI is InChI=1S/C17H20BrN3O3S/c1-13(2)19-16-6-4-5-11-21(16)17(22)12-20(3)25(23,24)15-9-7-14(18)8-10-15/h4-11,13H,12H2,1-3H3. The molecule has 2 rings (SSSR count). The molecule has 1 aromatic heterocycles. The Morgan fingerprint density at radius 3 is 2.44 bits per heavy atom. The van der Waals surface area contributed by atoms with Gasteiger partial charge in [0.25, 0.3) is 0 Å². The fraction of sp³-hybridized carbons (Fsp3) is 0.294. The van der Waals surface area contributed by atoms with Crippen LogP contribution in [-0.2, 0) is 10.0 Å². The second-order valence-electron chi connectivity index (χ2n) is 5.76. The third-order valence-electron chi connectivity index (χ3n) is 3.38. The molecule has 6 nitrogen and oxygen atoms in total. The molecular formula is C17H20BrN3O3S. The monoisotopic (exact) mass is 425 g/mol. The van der Waals surface area contributed by atoms with Crippen LogP contribution in [0.1, 0.15) is 18.6 Å². The lowest BCUT2D eigenvalue weighted by Crippen LogP contribution is -2.38. The number of likely N-dealkylation sites (N-methyl/N-ethyl adjacent to an activating group) is 1. The van der Waals surface area contributed by atoms with Crippen LogP contribution in [0.25, 0.3) is 0 Å². The largest absolute Gasteiger partial charge is 0.273 e. The Morgan fingerprint density at radius 1 is 1.20 bits per heavy atom. The molecule has 0 unspecified atom stereocenters. The van der Waals surface area contributed by atoms with Gasteiger partial charge in [-0.3, -0.25) is 14.4 Å². The molecule has 25 heavy (non-hydrogen) atoms. The number of carbonyl (C=O) groups excluding carboxylic acids is 1. The molecular weight excluding hydrogens is 406 g/mol. The summed E-state index contributed by atoms with van der Waals surface area (Å²) < 4.78 is 28.4. The molecule has 8 heteroatoms. The maximum Gasteiger partial charge on any atom is 0.247 e. The van der Waals surface area contributed by atoms with Crippen molar-refractivity contribution in [2.24, 2.45) is 4.99 Å². The van der Waals surface area contributed by atoms with Gasteiger partial charge in [-0.05, 0) is 50.2 Å². The molecule has 0 aliphatic carbocycles. The first kappa shape index (κ1) is 19.6. The van der Waals surface area contributed by atoms with Gasteiger partial charge in [-0.1, -0.05) is 22.0 Å². The average molecular weight is 426 g/mol. The summed E-state index contributed by atoms with van der Waals surface area (Å²) >= 11 is 3.27. The van der Waals surface area contributed by atoms with Crippen LogP contribution < -0.4 is 5.49 Å². The molecule has 0 radical (unpaired) electrons. The van der Waals surface area contributed by atoms with Crippen molar-refractivity contribution in [3.05, 3.63) is 58.6 Å². The summed E-state index contributed by atoms with van der Waals surface area (Å²) in [6.45, 7) is 3.53. The molecule has 0 spiro atoms. The highest BCUT2D eigenvalue weighted by atomic mass is 79.9. The molecule has 1 heterocycles. The molecule has 0 saturated carbocycles. The summed E-state index contributed by atoms with van der Waals surface area (Å²) in [4.78, 5) is 17.1. The third kappa shape index (κ3) is 4.87. The van der Waals surface area contributed by atoms with E-state index in [0.29, 0.717) is 5.49 Å². The topological polar surface area (TPSA) is 71.7 Å². The number of pyridine rings is 1. The Hall–Kier alpha value is -1.77. The van der Waals surface area contributed by atoms with Gasteiger partial charge in [0, 0.05) is 23.8 Å². The Labute approximate surface area is 156 Å². The number of hydrogen-bond acceptors (Lipinski definition) is 4. The lowest BCUT2D eigenvalue weighted by molar-refractivity contribution is 0.0887. The molecule has 0 amide bonds. The van der Waals surface area contributed by atoms with E-state index in [9.17, 15) is 13.2 Å². The number of carbonyl (C=O) groups is 1. The van der Waals surface area contributed by atoms with Crippen LogP contribution in [-0.4, -0.2) is 42.8 Å². The van der Waals surface area contributed by atoms with Crippen molar-refractivity contribution in [3.63, 3.8) is 0 Å². The molecule has 2 aromatic rings. The van der Waals surface area contributed by atoms with E-state index >= 15 is 0 Å². The van der Waals surface area contributed by atoms with E-state index in [2.05, 4.69) is 20.9 Å². The van der Waals surface area contributed by atoms with Crippen molar-refractivity contribution in [3.8, 4) is 0 Å². The van der Waals surface area contributed by atoms with Crippen LogP contribution in [0.15, 0.2) is 63.0 Å². The first-order valence-electron chi connectivity index (χ1n) is 7.68. The van der Waals surface area contributed by atoms with E-state index < -0.39 is 10.0 Å². The van der Waals surface area contributed by atoms with Gasteiger partial charge >= 0.3 is 0 Å². The predicted molar refractivity (Wildman–Crippen MR) is 99.7 cm³/mol. The maximum atomic E-state index is 12.6. The Kier molecular flexibility index (Phi) is 6.31. The number of benzene rings is 1. The first-order valence-corrected chi connectivity index (χ1v) is 9.92. The first-order chi connectivity index (χ1) is 11.7. The molecule has 0 bridgehead atoms. The summed E-state index contributed by atoms with van der Waals surface area (Å²) in [5.74, 6) is -0.372. The number of hydrogen-bond donors (Lipinski definition) is 0. The van der Waals surface area contributed by atoms with E-state index in [1.807, 2.05) is 13.8 Å². The summed E-state index contributed by atoms with van der Waals surface area (Å²) in [5.41, 5.74) is 0.497. The zero-order valence-electron chi connectivity index (χ0n) is 14.3. The smallest absolute Gasteiger partial charge is 0.247 e. The van der Waals surface area contributed by atoms with E-state index in [-0.39, 0.29) is 23.4 Å². The van der Waals surface area contributed by atoms with Gasteiger partial charge in [0.15, 0.2) is 0 Å². The summed E-state index contributed by atoms with van der Waals surface area (Å²) in [5, 5.41) is 0. The van der Waals surface area contributed by atoms with Crippen LogP contribution in [0.5, 0.6) is 0 Å². The van der Waals surface area contributed by atoms with E-state index in [4.69, 9.17) is 0 Å². The Bertz CT molecular complexity index is 919. The van der Waals surface area contributed by atoms with Crippen molar-refractivity contribution in [1.29, 1.82) is 0 Å². The van der Waals surface area contributed by atoms with Crippen LogP contribution in [0, 0.1) is 0 Å². The fourth-order valence-electron chi connectivity index (χ4n) is 2.15. The fourth-order valence-corrected chi connectivity index (χ4v) is 3.54. The quantitative estimate of drug-likeness (QED) is 0.738. The normalized spacial score (nSPS) is 12.8.